The Labute approximate surface area is 112 Å². The first kappa shape index (κ1) is 14.9. The van der Waals surface area contributed by atoms with Crippen molar-refractivity contribution >= 4 is 0 Å². The SMILES string of the molecule is NCC1CCC(CN2CC=C(C(F)(F)F)CC2)CC1. The maximum absolute atomic E-state index is 12.5. The van der Waals surface area contributed by atoms with E-state index in [0.717, 1.165) is 13.1 Å². The van der Waals surface area contributed by atoms with E-state index in [1.54, 1.807) is 0 Å². The van der Waals surface area contributed by atoms with Crippen molar-refractivity contribution in [2.24, 2.45) is 17.6 Å². The van der Waals surface area contributed by atoms with Gasteiger partial charge in [-0.05, 0) is 50.5 Å². The topological polar surface area (TPSA) is 29.3 Å². The summed E-state index contributed by atoms with van der Waals surface area (Å²) >= 11 is 0. The Morgan fingerprint density at radius 3 is 2.26 bits per heavy atom. The molecule has 2 N–H and O–H groups in total. The highest BCUT2D eigenvalue weighted by Crippen LogP contribution is 2.32. The second kappa shape index (κ2) is 6.27. The summed E-state index contributed by atoms with van der Waals surface area (Å²) in [5, 5.41) is 0. The van der Waals surface area contributed by atoms with Crippen LogP contribution in [0.15, 0.2) is 11.6 Å². The van der Waals surface area contributed by atoms with Crippen LogP contribution in [-0.4, -0.2) is 37.3 Å². The van der Waals surface area contributed by atoms with Gasteiger partial charge in [0.2, 0.25) is 0 Å². The van der Waals surface area contributed by atoms with Gasteiger partial charge < -0.3 is 5.73 Å². The largest absolute Gasteiger partial charge is 0.412 e. The predicted octanol–water partition coefficient (Wildman–Crippen LogP) is 2.95. The fourth-order valence-corrected chi connectivity index (χ4v) is 3.15. The number of nitrogens with two attached hydrogens (primary N) is 1. The highest BCUT2D eigenvalue weighted by Gasteiger charge is 2.35. The van der Waals surface area contributed by atoms with Crippen LogP contribution in [0.4, 0.5) is 13.2 Å². The molecule has 2 aliphatic rings. The van der Waals surface area contributed by atoms with Crippen LogP contribution in [0.2, 0.25) is 0 Å². The van der Waals surface area contributed by atoms with Gasteiger partial charge in [0, 0.05) is 25.2 Å². The van der Waals surface area contributed by atoms with E-state index in [1.165, 1.54) is 31.8 Å². The van der Waals surface area contributed by atoms with Gasteiger partial charge >= 0.3 is 6.18 Å². The van der Waals surface area contributed by atoms with E-state index in [0.29, 0.717) is 24.9 Å². The average Bonchev–Trinajstić information content (AvgIpc) is 2.39. The van der Waals surface area contributed by atoms with E-state index in [4.69, 9.17) is 5.73 Å². The molecule has 110 valence electrons. The highest BCUT2D eigenvalue weighted by molar-refractivity contribution is 5.13. The Morgan fingerprint density at radius 1 is 1.16 bits per heavy atom. The molecule has 0 unspecified atom stereocenters. The lowest BCUT2D eigenvalue weighted by atomic mass is 9.81. The normalized spacial score (nSPS) is 30.2. The lowest BCUT2D eigenvalue weighted by molar-refractivity contribution is -0.0961. The molecular formula is C14H23F3N2. The molecule has 1 fully saturated rings. The molecule has 1 aliphatic heterocycles. The van der Waals surface area contributed by atoms with Crippen molar-refractivity contribution in [2.75, 3.05) is 26.2 Å². The zero-order valence-corrected chi connectivity index (χ0v) is 11.3. The molecule has 2 nitrogen and oxygen atoms in total. The molecule has 2 rings (SSSR count). The van der Waals surface area contributed by atoms with Crippen molar-refractivity contribution in [1.82, 2.24) is 4.90 Å². The van der Waals surface area contributed by atoms with Crippen LogP contribution in [0.25, 0.3) is 0 Å². The molecule has 0 saturated heterocycles. The van der Waals surface area contributed by atoms with Crippen LogP contribution < -0.4 is 5.73 Å². The molecule has 1 heterocycles. The third-order valence-corrected chi connectivity index (χ3v) is 4.47. The third kappa shape index (κ3) is 4.21. The molecule has 1 saturated carbocycles. The van der Waals surface area contributed by atoms with Crippen LogP contribution in [0, 0.1) is 11.8 Å². The summed E-state index contributed by atoms with van der Waals surface area (Å²) < 4.78 is 37.5. The molecule has 0 aromatic rings. The first-order valence-corrected chi connectivity index (χ1v) is 7.17. The van der Waals surface area contributed by atoms with Crippen molar-refractivity contribution in [3.05, 3.63) is 11.6 Å². The summed E-state index contributed by atoms with van der Waals surface area (Å²) in [7, 11) is 0. The minimum absolute atomic E-state index is 0.141. The molecule has 0 radical (unpaired) electrons. The Bertz CT molecular complexity index is 317. The number of hydrogen-bond acceptors (Lipinski definition) is 2. The average molecular weight is 276 g/mol. The predicted molar refractivity (Wildman–Crippen MR) is 69.7 cm³/mol. The first-order valence-electron chi connectivity index (χ1n) is 7.17. The molecule has 5 heteroatoms. The van der Waals surface area contributed by atoms with E-state index in [1.807, 2.05) is 0 Å². The Hall–Kier alpha value is -0.550. The molecule has 0 aromatic heterocycles. The van der Waals surface area contributed by atoms with Crippen LogP contribution in [-0.2, 0) is 0 Å². The molecule has 0 bridgehead atoms. The van der Waals surface area contributed by atoms with Gasteiger partial charge in [0.05, 0.1) is 0 Å². The van der Waals surface area contributed by atoms with Gasteiger partial charge in [0.1, 0.15) is 0 Å². The van der Waals surface area contributed by atoms with Crippen molar-refractivity contribution in [1.29, 1.82) is 0 Å². The monoisotopic (exact) mass is 276 g/mol. The van der Waals surface area contributed by atoms with Crippen molar-refractivity contribution < 1.29 is 13.2 Å². The third-order valence-electron chi connectivity index (χ3n) is 4.47. The maximum atomic E-state index is 12.5. The number of nitrogens with zero attached hydrogens (tertiary/aromatic N) is 1. The standard InChI is InChI=1S/C14H23F3N2/c15-14(16,17)13-5-7-19(8-6-13)10-12-3-1-11(9-18)2-4-12/h5,11-12H,1-4,6-10,18H2. The molecular weight excluding hydrogens is 253 g/mol. The fourth-order valence-electron chi connectivity index (χ4n) is 3.15. The molecule has 1 aliphatic carbocycles. The minimum Gasteiger partial charge on any atom is -0.330 e. The Kier molecular flexibility index (Phi) is 4.90. The quantitative estimate of drug-likeness (QED) is 0.803. The molecule has 19 heavy (non-hydrogen) atoms. The summed E-state index contributed by atoms with van der Waals surface area (Å²) in [6, 6.07) is 0. The first-order chi connectivity index (χ1) is 8.99. The van der Waals surface area contributed by atoms with Gasteiger partial charge in [-0.1, -0.05) is 6.08 Å². The van der Waals surface area contributed by atoms with Gasteiger partial charge in [-0.15, -0.1) is 0 Å². The highest BCUT2D eigenvalue weighted by atomic mass is 19.4. The summed E-state index contributed by atoms with van der Waals surface area (Å²) in [4.78, 5) is 2.16. The summed E-state index contributed by atoms with van der Waals surface area (Å²) in [6.07, 6.45) is 2.07. The Balaban J connectivity index is 1.76. The second-order valence-electron chi connectivity index (χ2n) is 5.86. The molecule has 0 amide bonds. The molecule has 0 spiro atoms. The number of halogens is 3. The molecule has 0 aromatic carbocycles. The zero-order chi connectivity index (χ0) is 13.9. The second-order valence-corrected chi connectivity index (χ2v) is 5.86. The summed E-state index contributed by atoms with van der Waals surface area (Å²) in [5.41, 5.74) is 5.31. The minimum atomic E-state index is -4.13. The van der Waals surface area contributed by atoms with Crippen molar-refractivity contribution in [2.45, 2.75) is 38.3 Å². The molecule has 0 atom stereocenters. The van der Waals surface area contributed by atoms with Crippen LogP contribution in [0.5, 0.6) is 0 Å². The van der Waals surface area contributed by atoms with Gasteiger partial charge in [-0.2, -0.15) is 13.2 Å². The van der Waals surface area contributed by atoms with E-state index >= 15 is 0 Å². The number of alkyl halides is 3. The van der Waals surface area contributed by atoms with Gasteiger partial charge in [0.15, 0.2) is 0 Å². The number of rotatable bonds is 3. The van der Waals surface area contributed by atoms with Gasteiger partial charge in [-0.3, -0.25) is 4.90 Å². The lowest BCUT2D eigenvalue weighted by Gasteiger charge is -2.34. The van der Waals surface area contributed by atoms with Gasteiger partial charge in [0.25, 0.3) is 0 Å². The summed E-state index contributed by atoms with van der Waals surface area (Å²) in [6.45, 7) is 2.71. The summed E-state index contributed by atoms with van der Waals surface area (Å²) in [5.74, 6) is 1.30. The maximum Gasteiger partial charge on any atom is 0.412 e. The number of hydrogen-bond donors (Lipinski definition) is 1. The van der Waals surface area contributed by atoms with E-state index < -0.39 is 6.18 Å². The van der Waals surface area contributed by atoms with Crippen LogP contribution in [0.1, 0.15) is 32.1 Å². The van der Waals surface area contributed by atoms with Gasteiger partial charge in [-0.25, -0.2) is 0 Å². The lowest BCUT2D eigenvalue weighted by Crippen LogP contribution is -2.36. The van der Waals surface area contributed by atoms with Crippen molar-refractivity contribution in [3.8, 4) is 0 Å². The van der Waals surface area contributed by atoms with Crippen LogP contribution >= 0.6 is 0 Å². The van der Waals surface area contributed by atoms with E-state index in [-0.39, 0.29) is 12.0 Å². The van der Waals surface area contributed by atoms with E-state index in [2.05, 4.69) is 4.90 Å². The fraction of sp³-hybridized carbons (Fsp3) is 0.857. The van der Waals surface area contributed by atoms with Crippen LogP contribution in [0.3, 0.4) is 0 Å². The van der Waals surface area contributed by atoms with Crippen molar-refractivity contribution in [3.63, 3.8) is 0 Å². The van der Waals surface area contributed by atoms with E-state index in [9.17, 15) is 13.2 Å². The Morgan fingerprint density at radius 2 is 1.79 bits per heavy atom. The smallest absolute Gasteiger partial charge is 0.330 e. The zero-order valence-electron chi connectivity index (χ0n) is 11.3.